The monoisotopic (exact) mass is 264 g/mol. The fourth-order valence-electron chi connectivity index (χ4n) is 2.43. The molecule has 1 saturated heterocycles. The summed E-state index contributed by atoms with van der Waals surface area (Å²) in [6.45, 7) is 3.46. The van der Waals surface area contributed by atoms with Gasteiger partial charge in [-0.25, -0.2) is 4.98 Å². The number of nitrogens with zero attached hydrogens (tertiary/aromatic N) is 3. The Balaban J connectivity index is 1.82. The zero-order valence-corrected chi connectivity index (χ0v) is 11.2. The molecule has 1 aromatic heterocycles. The number of nitrogens with one attached hydrogen (secondary N) is 1. The summed E-state index contributed by atoms with van der Waals surface area (Å²) in [6.07, 6.45) is 8.03. The van der Waals surface area contributed by atoms with E-state index >= 15 is 0 Å². The third-order valence-corrected chi connectivity index (χ3v) is 3.44. The lowest BCUT2D eigenvalue weighted by molar-refractivity contribution is -0.140. The molecule has 19 heavy (non-hydrogen) atoms. The van der Waals surface area contributed by atoms with Gasteiger partial charge in [-0.05, 0) is 19.3 Å². The largest absolute Gasteiger partial charge is 0.353 e. The minimum absolute atomic E-state index is 0.0190. The van der Waals surface area contributed by atoms with Crippen LogP contribution < -0.4 is 5.32 Å². The van der Waals surface area contributed by atoms with Gasteiger partial charge in [-0.1, -0.05) is 0 Å². The molecular weight excluding hydrogens is 244 g/mol. The summed E-state index contributed by atoms with van der Waals surface area (Å²) in [6, 6.07) is -0.297. The van der Waals surface area contributed by atoms with E-state index in [1.54, 1.807) is 17.4 Å². The lowest BCUT2D eigenvalue weighted by atomic mass is 10.0. The second kappa shape index (κ2) is 6.36. The Morgan fingerprint density at radius 1 is 1.42 bits per heavy atom. The van der Waals surface area contributed by atoms with Crippen LogP contribution in [0.4, 0.5) is 0 Å². The number of imidazole rings is 1. The second-order valence-corrected chi connectivity index (χ2v) is 4.82. The Hall–Kier alpha value is -1.85. The lowest BCUT2D eigenvalue weighted by Gasteiger charge is -2.33. The van der Waals surface area contributed by atoms with E-state index in [4.69, 9.17) is 0 Å². The predicted molar refractivity (Wildman–Crippen MR) is 70.3 cm³/mol. The molecule has 1 aromatic rings. The zero-order chi connectivity index (χ0) is 13.7. The molecule has 0 aromatic carbocycles. The van der Waals surface area contributed by atoms with E-state index in [0.717, 1.165) is 19.3 Å². The summed E-state index contributed by atoms with van der Waals surface area (Å²) in [5.41, 5.74) is 0. The van der Waals surface area contributed by atoms with Gasteiger partial charge in [-0.3, -0.25) is 9.59 Å². The highest BCUT2D eigenvalue weighted by Crippen LogP contribution is 2.17. The van der Waals surface area contributed by atoms with Crippen molar-refractivity contribution in [1.29, 1.82) is 0 Å². The van der Waals surface area contributed by atoms with E-state index in [2.05, 4.69) is 10.3 Å². The standard InChI is InChI=1S/C13H20N4O2/c1-11(18)17-7-3-2-4-12(17)13(19)15-6-9-16-8-5-14-10-16/h5,8,10,12H,2-4,6-7,9H2,1H3,(H,15,19). The Morgan fingerprint density at radius 3 is 2.95 bits per heavy atom. The van der Waals surface area contributed by atoms with Crippen LogP contribution in [-0.4, -0.2) is 45.4 Å². The minimum atomic E-state index is -0.297. The summed E-state index contributed by atoms with van der Waals surface area (Å²) in [4.78, 5) is 29.2. The summed E-state index contributed by atoms with van der Waals surface area (Å²) >= 11 is 0. The number of hydrogen-bond donors (Lipinski definition) is 1. The molecular formula is C13H20N4O2. The van der Waals surface area contributed by atoms with E-state index in [9.17, 15) is 9.59 Å². The van der Waals surface area contributed by atoms with Gasteiger partial charge < -0.3 is 14.8 Å². The molecule has 2 amide bonds. The quantitative estimate of drug-likeness (QED) is 0.856. The number of rotatable bonds is 4. The van der Waals surface area contributed by atoms with Crippen molar-refractivity contribution in [3.05, 3.63) is 18.7 Å². The average Bonchev–Trinajstić information content (AvgIpc) is 2.91. The first-order chi connectivity index (χ1) is 9.18. The van der Waals surface area contributed by atoms with Crippen LogP contribution in [-0.2, 0) is 16.1 Å². The number of carbonyl (C=O) groups excluding carboxylic acids is 2. The molecule has 0 radical (unpaired) electrons. The van der Waals surface area contributed by atoms with Crippen LogP contribution >= 0.6 is 0 Å². The van der Waals surface area contributed by atoms with Crippen LogP contribution in [0.25, 0.3) is 0 Å². The fraction of sp³-hybridized carbons (Fsp3) is 0.615. The molecule has 1 N–H and O–H groups in total. The molecule has 0 saturated carbocycles. The third-order valence-electron chi connectivity index (χ3n) is 3.44. The maximum atomic E-state index is 12.1. The maximum Gasteiger partial charge on any atom is 0.242 e. The van der Waals surface area contributed by atoms with Gasteiger partial charge in [0.25, 0.3) is 0 Å². The SMILES string of the molecule is CC(=O)N1CCCCC1C(=O)NCCn1ccnc1. The van der Waals surface area contributed by atoms with Crippen molar-refractivity contribution in [3.63, 3.8) is 0 Å². The van der Waals surface area contributed by atoms with Crippen LogP contribution in [0, 0.1) is 0 Å². The van der Waals surface area contributed by atoms with E-state index < -0.39 is 0 Å². The average molecular weight is 264 g/mol. The highest BCUT2D eigenvalue weighted by Gasteiger charge is 2.29. The first kappa shape index (κ1) is 13.6. The normalized spacial score (nSPS) is 19.2. The number of aromatic nitrogens is 2. The Morgan fingerprint density at radius 2 is 2.26 bits per heavy atom. The van der Waals surface area contributed by atoms with Crippen LogP contribution in [0.2, 0.25) is 0 Å². The van der Waals surface area contributed by atoms with Gasteiger partial charge in [-0.15, -0.1) is 0 Å². The second-order valence-electron chi connectivity index (χ2n) is 4.82. The molecule has 1 aliphatic heterocycles. The van der Waals surface area contributed by atoms with E-state index in [-0.39, 0.29) is 17.9 Å². The van der Waals surface area contributed by atoms with Crippen molar-refractivity contribution in [2.75, 3.05) is 13.1 Å². The number of carbonyl (C=O) groups is 2. The van der Waals surface area contributed by atoms with Gasteiger partial charge in [0.1, 0.15) is 6.04 Å². The number of piperidine rings is 1. The van der Waals surface area contributed by atoms with E-state index in [0.29, 0.717) is 19.6 Å². The molecule has 1 unspecified atom stereocenters. The molecule has 6 nitrogen and oxygen atoms in total. The Labute approximate surface area is 112 Å². The highest BCUT2D eigenvalue weighted by molar-refractivity contribution is 5.87. The summed E-state index contributed by atoms with van der Waals surface area (Å²) in [7, 11) is 0. The first-order valence-electron chi connectivity index (χ1n) is 6.69. The molecule has 2 rings (SSSR count). The van der Waals surface area contributed by atoms with Crippen molar-refractivity contribution in [2.45, 2.75) is 38.8 Å². The minimum Gasteiger partial charge on any atom is -0.353 e. The lowest BCUT2D eigenvalue weighted by Crippen LogP contribution is -2.51. The van der Waals surface area contributed by atoms with Crippen molar-refractivity contribution in [1.82, 2.24) is 19.8 Å². The van der Waals surface area contributed by atoms with E-state index in [1.807, 2.05) is 10.8 Å². The maximum absolute atomic E-state index is 12.1. The van der Waals surface area contributed by atoms with Crippen molar-refractivity contribution >= 4 is 11.8 Å². The van der Waals surface area contributed by atoms with Crippen LogP contribution in [0.3, 0.4) is 0 Å². The van der Waals surface area contributed by atoms with Gasteiger partial charge in [0.15, 0.2) is 0 Å². The van der Waals surface area contributed by atoms with Crippen molar-refractivity contribution in [2.24, 2.45) is 0 Å². The van der Waals surface area contributed by atoms with Crippen molar-refractivity contribution in [3.8, 4) is 0 Å². The molecule has 1 fully saturated rings. The molecule has 1 aliphatic rings. The topological polar surface area (TPSA) is 67.2 Å². The van der Waals surface area contributed by atoms with Gasteiger partial charge >= 0.3 is 0 Å². The Kier molecular flexibility index (Phi) is 4.54. The van der Waals surface area contributed by atoms with Gasteiger partial charge in [0.05, 0.1) is 6.33 Å². The van der Waals surface area contributed by atoms with Gasteiger partial charge in [0.2, 0.25) is 11.8 Å². The Bertz CT molecular complexity index is 430. The molecule has 2 heterocycles. The molecule has 0 spiro atoms. The van der Waals surface area contributed by atoms with Gasteiger partial charge in [0, 0.05) is 39.0 Å². The number of amides is 2. The highest BCUT2D eigenvalue weighted by atomic mass is 16.2. The molecule has 0 bridgehead atoms. The first-order valence-corrected chi connectivity index (χ1v) is 6.69. The molecule has 1 atom stereocenters. The smallest absolute Gasteiger partial charge is 0.242 e. The fourth-order valence-corrected chi connectivity index (χ4v) is 2.43. The molecule has 104 valence electrons. The van der Waals surface area contributed by atoms with Crippen LogP contribution in [0.15, 0.2) is 18.7 Å². The summed E-state index contributed by atoms with van der Waals surface area (Å²) < 4.78 is 1.91. The number of likely N-dealkylation sites (tertiary alicyclic amines) is 1. The van der Waals surface area contributed by atoms with Crippen molar-refractivity contribution < 1.29 is 9.59 Å². The zero-order valence-electron chi connectivity index (χ0n) is 11.2. The predicted octanol–water partition coefficient (Wildman–Crippen LogP) is 0.400. The summed E-state index contributed by atoms with van der Waals surface area (Å²) in [5.74, 6) is -0.0653. The van der Waals surface area contributed by atoms with E-state index in [1.165, 1.54) is 6.92 Å². The molecule has 6 heteroatoms. The molecule has 0 aliphatic carbocycles. The van der Waals surface area contributed by atoms with Gasteiger partial charge in [-0.2, -0.15) is 0 Å². The van der Waals surface area contributed by atoms with Crippen LogP contribution in [0.1, 0.15) is 26.2 Å². The third kappa shape index (κ3) is 3.56. The summed E-state index contributed by atoms with van der Waals surface area (Å²) in [5, 5.41) is 2.89. The van der Waals surface area contributed by atoms with Crippen LogP contribution in [0.5, 0.6) is 0 Å². The number of hydrogen-bond acceptors (Lipinski definition) is 3.